The fourth-order valence-corrected chi connectivity index (χ4v) is 4.82. The Balaban J connectivity index is 4.42. The Morgan fingerprint density at radius 1 is 1.10 bits per heavy atom. The summed E-state index contributed by atoms with van der Waals surface area (Å²) in [6, 6.07) is 0. The van der Waals surface area contributed by atoms with Crippen LogP contribution in [0.5, 0.6) is 0 Å². The van der Waals surface area contributed by atoms with E-state index in [0.717, 1.165) is 13.3 Å². The van der Waals surface area contributed by atoms with Gasteiger partial charge in [0.1, 0.15) is 0 Å². The molecule has 0 rings (SSSR count). The van der Waals surface area contributed by atoms with Crippen molar-refractivity contribution in [3.8, 4) is 0 Å². The molecule has 0 amide bonds. The molecule has 0 aliphatic rings. The third-order valence-electron chi connectivity index (χ3n) is 2.56. The van der Waals surface area contributed by atoms with Gasteiger partial charge in [-0.2, -0.15) is 0 Å². The SMILES string of the molecule is CCI(C)(CC)(CC)NF. The molecule has 1 nitrogen and oxygen atoms in total. The van der Waals surface area contributed by atoms with Gasteiger partial charge in [0.05, 0.1) is 0 Å². The average molecular weight is 263 g/mol. The molecule has 0 aliphatic heterocycles. The summed E-state index contributed by atoms with van der Waals surface area (Å²) in [5.74, 6) is 0. The van der Waals surface area contributed by atoms with E-state index in [4.69, 9.17) is 0 Å². The van der Waals surface area contributed by atoms with Gasteiger partial charge in [0.2, 0.25) is 0 Å². The van der Waals surface area contributed by atoms with Crippen LogP contribution in [0.25, 0.3) is 0 Å². The van der Waals surface area contributed by atoms with E-state index in [1.165, 1.54) is 0 Å². The summed E-state index contributed by atoms with van der Waals surface area (Å²) in [4.78, 5) is 2.13. The second-order valence-corrected chi connectivity index (χ2v) is 19.0. The van der Waals surface area contributed by atoms with Crippen molar-refractivity contribution in [3.63, 3.8) is 0 Å². The van der Waals surface area contributed by atoms with Crippen LogP contribution in [-0.4, -0.2) is 18.2 Å². The Labute approximate surface area is 64.7 Å². The molecule has 0 saturated carbocycles. The summed E-state index contributed by atoms with van der Waals surface area (Å²) in [5.41, 5.74) is 0. The quantitative estimate of drug-likeness (QED) is 0.467. The van der Waals surface area contributed by atoms with E-state index in [9.17, 15) is 4.48 Å². The van der Waals surface area contributed by atoms with Crippen LogP contribution >= 0.6 is 17.3 Å². The fourth-order valence-electron chi connectivity index (χ4n) is 0.718. The van der Waals surface area contributed by atoms with Crippen molar-refractivity contribution in [2.45, 2.75) is 20.8 Å². The van der Waals surface area contributed by atoms with Crippen molar-refractivity contribution in [1.29, 1.82) is 0 Å². The summed E-state index contributed by atoms with van der Waals surface area (Å²) in [7, 11) is 0. The van der Waals surface area contributed by atoms with Crippen molar-refractivity contribution in [1.82, 2.24) is 3.75 Å². The standard InChI is InChI=1S/C7H19FIN/c1-5-9(4,6-2,7-3)10-8/h10H,5-7H2,1-4H3. The molecule has 0 spiro atoms. The van der Waals surface area contributed by atoms with Gasteiger partial charge in [-0.25, -0.2) is 0 Å². The topological polar surface area (TPSA) is 12.0 Å². The van der Waals surface area contributed by atoms with Crippen molar-refractivity contribution in [2.24, 2.45) is 0 Å². The predicted octanol–water partition coefficient (Wildman–Crippen LogP) is 2.64. The first kappa shape index (κ1) is 10.6. The Bertz CT molecular complexity index is 88.7. The first-order valence-corrected chi connectivity index (χ1v) is 11.5. The molecule has 0 aromatic heterocycles. The number of nitrogens with one attached hydrogen (secondary N) is 1. The number of halogens is 2. The molecule has 0 heterocycles. The molecule has 0 aromatic rings. The second kappa shape index (κ2) is 3.34. The zero-order valence-corrected chi connectivity index (χ0v) is 9.53. The van der Waals surface area contributed by atoms with Crippen LogP contribution in [0.15, 0.2) is 0 Å². The van der Waals surface area contributed by atoms with Crippen LogP contribution in [0.4, 0.5) is 4.48 Å². The summed E-state index contributed by atoms with van der Waals surface area (Å²) in [6.45, 7) is 6.27. The van der Waals surface area contributed by atoms with E-state index >= 15 is 0 Å². The third-order valence-corrected chi connectivity index (χ3v) is 17.2. The molecule has 1 N–H and O–H groups in total. The van der Waals surface area contributed by atoms with E-state index < -0.39 is 17.3 Å². The van der Waals surface area contributed by atoms with E-state index in [-0.39, 0.29) is 0 Å². The zero-order chi connectivity index (χ0) is 8.28. The number of rotatable bonds is 4. The van der Waals surface area contributed by atoms with Crippen LogP contribution in [0.3, 0.4) is 0 Å². The Morgan fingerprint density at radius 3 is 1.40 bits per heavy atom. The molecular formula is C7H19FIN. The Morgan fingerprint density at radius 2 is 1.40 bits per heavy atom. The van der Waals surface area contributed by atoms with Crippen molar-refractivity contribution in [3.05, 3.63) is 0 Å². The van der Waals surface area contributed by atoms with E-state index in [0.29, 0.717) is 0 Å². The van der Waals surface area contributed by atoms with E-state index in [2.05, 4.69) is 29.5 Å². The van der Waals surface area contributed by atoms with Gasteiger partial charge in [-0.05, 0) is 0 Å². The van der Waals surface area contributed by atoms with Gasteiger partial charge in [0.15, 0.2) is 0 Å². The monoisotopic (exact) mass is 263 g/mol. The Hall–Kier alpha value is 0.620. The normalized spacial score (nSPS) is 16.3. The molecule has 10 heavy (non-hydrogen) atoms. The number of hydrogen-bond acceptors (Lipinski definition) is 1. The van der Waals surface area contributed by atoms with Gasteiger partial charge < -0.3 is 0 Å². The minimum atomic E-state index is -2.66. The maximum absolute atomic E-state index is 12.5. The first-order chi connectivity index (χ1) is 4.54. The zero-order valence-electron chi connectivity index (χ0n) is 7.38. The molecule has 0 saturated heterocycles. The third kappa shape index (κ3) is 1.81. The van der Waals surface area contributed by atoms with Crippen molar-refractivity contribution in [2.75, 3.05) is 18.2 Å². The first-order valence-electron chi connectivity index (χ1n) is 3.68. The van der Waals surface area contributed by atoms with Crippen molar-refractivity contribution >= 4 is 17.3 Å². The van der Waals surface area contributed by atoms with Gasteiger partial charge in [-0.1, -0.05) is 0 Å². The number of alkyl halides is 4. The molecular weight excluding hydrogens is 244 g/mol. The van der Waals surface area contributed by atoms with Crippen LogP contribution in [0.2, 0.25) is 0 Å². The molecule has 0 fully saturated rings. The van der Waals surface area contributed by atoms with Gasteiger partial charge in [0, 0.05) is 0 Å². The molecule has 0 aromatic carbocycles. The van der Waals surface area contributed by atoms with Crippen molar-refractivity contribution < 1.29 is 4.48 Å². The van der Waals surface area contributed by atoms with Crippen LogP contribution in [0.1, 0.15) is 20.8 Å². The molecule has 0 aliphatic carbocycles. The van der Waals surface area contributed by atoms with E-state index in [1.807, 2.05) is 0 Å². The molecule has 0 bridgehead atoms. The fraction of sp³-hybridized carbons (Fsp3) is 1.00. The number of hydrogen-bond donors (Lipinski definition) is 1. The summed E-state index contributed by atoms with van der Waals surface area (Å²) in [5, 5.41) is 0. The van der Waals surface area contributed by atoms with Crippen LogP contribution in [0, 0.1) is 0 Å². The molecule has 0 unspecified atom stereocenters. The maximum atomic E-state index is 12.5. The van der Waals surface area contributed by atoms with Gasteiger partial charge in [-0.15, -0.1) is 0 Å². The Kier molecular flexibility index (Phi) is 3.55. The van der Waals surface area contributed by atoms with Gasteiger partial charge in [0.25, 0.3) is 0 Å². The molecule has 66 valence electrons. The van der Waals surface area contributed by atoms with Crippen LogP contribution in [-0.2, 0) is 0 Å². The minimum absolute atomic E-state index is 1.01. The second-order valence-electron chi connectivity index (χ2n) is 2.83. The molecule has 0 radical (unpaired) electrons. The van der Waals surface area contributed by atoms with Gasteiger partial charge in [-0.3, -0.25) is 0 Å². The predicted molar refractivity (Wildman–Crippen MR) is 55.8 cm³/mol. The van der Waals surface area contributed by atoms with Crippen LogP contribution < -0.4 is 3.75 Å². The average Bonchev–Trinajstić information content (AvgIpc) is 2.04. The van der Waals surface area contributed by atoms with Gasteiger partial charge >= 0.3 is 64.5 Å². The summed E-state index contributed by atoms with van der Waals surface area (Å²) < 4.78 is 17.7. The molecule has 3 heteroatoms. The van der Waals surface area contributed by atoms with E-state index in [1.54, 1.807) is 0 Å². The molecule has 0 atom stereocenters. The summed E-state index contributed by atoms with van der Waals surface area (Å²) >= 11 is -2.66. The summed E-state index contributed by atoms with van der Waals surface area (Å²) in [6.07, 6.45) is 0.